The zero-order valence-electron chi connectivity index (χ0n) is 12.9. The number of aromatic nitrogens is 3. The Morgan fingerprint density at radius 3 is 3.00 bits per heavy atom. The Hall–Kier alpha value is -2.93. The first-order valence-electron chi connectivity index (χ1n) is 7.44. The van der Waals surface area contributed by atoms with E-state index in [4.69, 9.17) is 4.52 Å². The SMILES string of the molecule is Cc1nc2sccn2c1CNC(=O)c1cc(-c2ccccc2)on1. The standard InChI is InChI=1S/C17H14N4O2S/c1-11-14(21-7-8-24-17(21)19-11)10-18-16(22)13-9-15(23-20-13)12-5-3-2-4-6-12/h2-9H,10H2,1H3,(H,18,22). The van der Waals surface area contributed by atoms with Crippen molar-refractivity contribution < 1.29 is 9.32 Å². The highest BCUT2D eigenvalue weighted by Gasteiger charge is 2.15. The van der Waals surface area contributed by atoms with Crippen LogP contribution in [-0.2, 0) is 6.54 Å². The smallest absolute Gasteiger partial charge is 0.273 e. The van der Waals surface area contributed by atoms with Crippen molar-refractivity contribution in [2.75, 3.05) is 0 Å². The van der Waals surface area contributed by atoms with Crippen molar-refractivity contribution in [3.8, 4) is 11.3 Å². The van der Waals surface area contributed by atoms with Crippen LogP contribution < -0.4 is 5.32 Å². The second-order valence-corrected chi connectivity index (χ2v) is 6.20. The number of thiazole rings is 1. The fourth-order valence-electron chi connectivity index (χ4n) is 2.53. The molecule has 4 rings (SSSR count). The van der Waals surface area contributed by atoms with Crippen LogP contribution in [0.2, 0.25) is 0 Å². The molecule has 0 saturated carbocycles. The lowest BCUT2D eigenvalue weighted by Gasteiger charge is -2.03. The number of imidazole rings is 1. The summed E-state index contributed by atoms with van der Waals surface area (Å²) in [6, 6.07) is 11.2. The van der Waals surface area contributed by atoms with Gasteiger partial charge in [0.1, 0.15) is 0 Å². The number of carbonyl (C=O) groups excluding carboxylic acids is 1. The number of nitrogens with one attached hydrogen (secondary N) is 1. The zero-order chi connectivity index (χ0) is 16.5. The average molecular weight is 338 g/mol. The van der Waals surface area contributed by atoms with Crippen LogP contribution in [0.4, 0.5) is 0 Å². The Balaban J connectivity index is 1.50. The van der Waals surface area contributed by atoms with E-state index < -0.39 is 0 Å². The largest absolute Gasteiger partial charge is 0.355 e. The van der Waals surface area contributed by atoms with Gasteiger partial charge in [-0.25, -0.2) is 4.98 Å². The molecule has 3 aromatic heterocycles. The highest BCUT2D eigenvalue weighted by atomic mass is 32.1. The monoisotopic (exact) mass is 338 g/mol. The molecule has 6 nitrogen and oxygen atoms in total. The predicted octanol–water partition coefficient (Wildman–Crippen LogP) is 3.29. The molecule has 0 atom stereocenters. The Bertz CT molecular complexity index is 1000. The third-order valence-corrected chi connectivity index (χ3v) is 4.54. The Labute approximate surface area is 141 Å². The van der Waals surface area contributed by atoms with Crippen LogP contribution in [0.25, 0.3) is 16.3 Å². The van der Waals surface area contributed by atoms with Gasteiger partial charge >= 0.3 is 0 Å². The molecule has 3 heterocycles. The molecule has 1 amide bonds. The number of aryl methyl sites for hydroxylation is 1. The lowest BCUT2D eigenvalue weighted by molar-refractivity contribution is 0.0941. The van der Waals surface area contributed by atoms with Gasteiger partial charge in [-0.05, 0) is 6.92 Å². The molecule has 0 fully saturated rings. The van der Waals surface area contributed by atoms with E-state index in [-0.39, 0.29) is 11.6 Å². The second-order valence-electron chi connectivity index (χ2n) is 5.32. The third-order valence-electron chi connectivity index (χ3n) is 3.78. The lowest BCUT2D eigenvalue weighted by Crippen LogP contribution is -2.24. The van der Waals surface area contributed by atoms with E-state index in [1.807, 2.05) is 53.2 Å². The van der Waals surface area contributed by atoms with E-state index in [1.54, 1.807) is 17.4 Å². The molecule has 1 N–H and O–H groups in total. The first kappa shape index (κ1) is 14.6. The highest BCUT2D eigenvalue weighted by Crippen LogP contribution is 2.20. The summed E-state index contributed by atoms with van der Waals surface area (Å²) < 4.78 is 7.25. The number of carbonyl (C=O) groups is 1. The van der Waals surface area contributed by atoms with Crippen LogP contribution in [-0.4, -0.2) is 20.4 Å². The van der Waals surface area contributed by atoms with Crippen molar-refractivity contribution in [3.63, 3.8) is 0 Å². The number of hydrogen-bond donors (Lipinski definition) is 1. The molecule has 0 spiro atoms. The van der Waals surface area contributed by atoms with Crippen LogP contribution in [0.3, 0.4) is 0 Å². The summed E-state index contributed by atoms with van der Waals surface area (Å²) >= 11 is 1.57. The summed E-state index contributed by atoms with van der Waals surface area (Å²) in [5.41, 5.74) is 3.02. The maximum atomic E-state index is 12.3. The molecule has 120 valence electrons. The molecular formula is C17H14N4O2S. The zero-order valence-corrected chi connectivity index (χ0v) is 13.7. The molecule has 7 heteroatoms. The number of rotatable bonds is 4. The molecule has 0 unspecified atom stereocenters. The summed E-state index contributed by atoms with van der Waals surface area (Å²) in [7, 11) is 0. The van der Waals surface area contributed by atoms with Crippen LogP contribution in [0.5, 0.6) is 0 Å². The molecule has 1 aromatic carbocycles. The second kappa shape index (κ2) is 5.93. The fourth-order valence-corrected chi connectivity index (χ4v) is 3.31. The molecular weight excluding hydrogens is 324 g/mol. The Kier molecular flexibility index (Phi) is 3.62. The first-order chi connectivity index (χ1) is 11.7. The van der Waals surface area contributed by atoms with Crippen LogP contribution in [0.15, 0.2) is 52.5 Å². The van der Waals surface area contributed by atoms with Gasteiger partial charge in [-0.1, -0.05) is 35.5 Å². The minimum absolute atomic E-state index is 0.262. The van der Waals surface area contributed by atoms with Gasteiger partial charge in [0.05, 0.1) is 17.9 Å². The van der Waals surface area contributed by atoms with Crippen molar-refractivity contribution in [1.29, 1.82) is 0 Å². The molecule has 0 bridgehead atoms. The summed E-state index contributed by atoms with van der Waals surface area (Å²) in [4.78, 5) is 17.7. The predicted molar refractivity (Wildman–Crippen MR) is 90.9 cm³/mol. The van der Waals surface area contributed by atoms with Gasteiger partial charge in [-0.15, -0.1) is 11.3 Å². The van der Waals surface area contributed by atoms with E-state index >= 15 is 0 Å². The maximum absolute atomic E-state index is 12.3. The normalized spacial score (nSPS) is 11.0. The number of hydrogen-bond acceptors (Lipinski definition) is 5. The van der Waals surface area contributed by atoms with Gasteiger partial charge in [0, 0.05) is 23.2 Å². The van der Waals surface area contributed by atoms with Gasteiger partial charge in [-0.3, -0.25) is 9.20 Å². The first-order valence-corrected chi connectivity index (χ1v) is 8.32. The van der Waals surface area contributed by atoms with Gasteiger partial charge in [0.15, 0.2) is 16.4 Å². The van der Waals surface area contributed by atoms with Crippen molar-refractivity contribution in [2.24, 2.45) is 0 Å². The minimum Gasteiger partial charge on any atom is -0.355 e. The summed E-state index contributed by atoms with van der Waals surface area (Å²) in [6.07, 6.45) is 1.95. The summed E-state index contributed by atoms with van der Waals surface area (Å²) in [6.45, 7) is 2.32. The van der Waals surface area contributed by atoms with Crippen LogP contribution in [0, 0.1) is 6.92 Å². The lowest BCUT2D eigenvalue weighted by atomic mass is 10.1. The van der Waals surface area contributed by atoms with Crippen molar-refractivity contribution in [3.05, 3.63) is 65.1 Å². The molecule has 4 aromatic rings. The number of fused-ring (bicyclic) bond motifs is 1. The number of benzene rings is 1. The maximum Gasteiger partial charge on any atom is 0.273 e. The average Bonchev–Trinajstić information content (AvgIpc) is 3.30. The Morgan fingerprint density at radius 1 is 1.33 bits per heavy atom. The molecule has 24 heavy (non-hydrogen) atoms. The quantitative estimate of drug-likeness (QED) is 0.620. The summed E-state index contributed by atoms with van der Waals surface area (Å²) in [5.74, 6) is 0.298. The van der Waals surface area contributed by atoms with E-state index in [9.17, 15) is 4.79 Å². The van der Waals surface area contributed by atoms with Gasteiger partial charge in [-0.2, -0.15) is 0 Å². The molecule has 0 radical (unpaired) electrons. The topological polar surface area (TPSA) is 72.4 Å². The van der Waals surface area contributed by atoms with Crippen molar-refractivity contribution in [2.45, 2.75) is 13.5 Å². The highest BCUT2D eigenvalue weighted by molar-refractivity contribution is 7.15. The van der Waals surface area contributed by atoms with Crippen molar-refractivity contribution in [1.82, 2.24) is 19.9 Å². The van der Waals surface area contributed by atoms with E-state index in [0.717, 1.165) is 21.9 Å². The molecule has 0 aliphatic rings. The van der Waals surface area contributed by atoms with Crippen molar-refractivity contribution >= 4 is 22.2 Å². The fraction of sp³-hybridized carbons (Fsp3) is 0.118. The number of amides is 1. The van der Waals surface area contributed by atoms with E-state index in [0.29, 0.717) is 12.3 Å². The molecule has 0 saturated heterocycles. The minimum atomic E-state index is -0.273. The van der Waals surface area contributed by atoms with Gasteiger partial charge < -0.3 is 9.84 Å². The van der Waals surface area contributed by atoms with E-state index in [2.05, 4.69) is 15.5 Å². The molecule has 0 aliphatic heterocycles. The third kappa shape index (κ3) is 2.59. The van der Waals surface area contributed by atoms with E-state index in [1.165, 1.54) is 0 Å². The summed E-state index contributed by atoms with van der Waals surface area (Å²) in [5, 5.41) is 8.70. The van der Waals surface area contributed by atoms with Crippen LogP contribution >= 0.6 is 11.3 Å². The molecule has 0 aliphatic carbocycles. The number of nitrogens with zero attached hydrogens (tertiary/aromatic N) is 3. The van der Waals surface area contributed by atoms with Gasteiger partial charge in [0.25, 0.3) is 5.91 Å². The Morgan fingerprint density at radius 2 is 2.17 bits per heavy atom. The van der Waals surface area contributed by atoms with Gasteiger partial charge in [0.2, 0.25) is 0 Å². The van der Waals surface area contributed by atoms with Crippen LogP contribution in [0.1, 0.15) is 21.9 Å².